The summed E-state index contributed by atoms with van der Waals surface area (Å²) in [5.74, 6) is -0.0824. The number of aliphatic hydroxyl groups excluding tert-OH is 2. The highest BCUT2D eigenvalue weighted by Crippen LogP contribution is 2.16. The minimum Gasteiger partial charge on any atom is -0.394 e. The van der Waals surface area contributed by atoms with E-state index in [1.54, 1.807) is 6.08 Å². The molecule has 0 saturated heterocycles. The number of allylic oxidation sites excluding steroid dienone is 3. The zero-order valence-corrected chi connectivity index (χ0v) is 33.9. The lowest BCUT2D eigenvalue weighted by Gasteiger charge is -2.19. The van der Waals surface area contributed by atoms with Gasteiger partial charge in [0.05, 0.1) is 18.8 Å². The van der Waals surface area contributed by atoms with Crippen LogP contribution in [0, 0.1) is 0 Å². The zero-order chi connectivity index (χ0) is 36.4. The first-order chi connectivity index (χ1) is 24.7. The third kappa shape index (κ3) is 38.1. The lowest BCUT2D eigenvalue weighted by molar-refractivity contribution is -0.123. The smallest absolute Gasteiger partial charge is 0.220 e. The Kier molecular flexibility index (Phi) is 41.3. The van der Waals surface area contributed by atoms with E-state index in [-0.39, 0.29) is 12.5 Å². The van der Waals surface area contributed by atoms with Gasteiger partial charge in [0.1, 0.15) is 0 Å². The molecule has 0 aromatic rings. The van der Waals surface area contributed by atoms with Crippen molar-refractivity contribution in [2.24, 2.45) is 0 Å². The molecule has 0 heterocycles. The summed E-state index contributed by atoms with van der Waals surface area (Å²) in [6, 6.07) is -0.632. The van der Waals surface area contributed by atoms with Crippen LogP contribution in [0.5, 0.6) is 0 Å². The van der Waals surface area contributed by atoms with Gasteiger partial charge in [0.15, 0.2) is 0 Å². The number of aliphatic hydroxyl groups is 2. The van der Waals surface area contributed by atoms with Crippen LogP contribution in [0.1, 0.15) is 245 Å². The molecule has 2 atom stereocenters. The zero-order valence-electron chi connectivity index (χ0n) is 33.9. The predicted octanol–water partition coefficient (Wildman–Crippen LogP) is 14.0. The van der Waals surface area contributed by atoms with Crippen LogP contribution >= 0.6 is 0 Å². The van der Waals surface area contributed by atoms with Crippen molar-refractivity contribution < 1.29 is 15.0 Å². The Morgan fingerprint density at radius 2 is 0.780 bits per heavy atom. The Morgan fingerprint density at radius 1 is 0.460 bits per heavy atom. The van der Waals surface area contributed by atoms with Gasteiger partial charge in [-0.25, -0.2) is 0 Å². The molecule has 2 unspecified atom stereocenters. The van der Waals surface area contributed by atoms with Crippen molar-refractivity contribution in [1.82, 2.24) is 5.32 Å². The number of carbonyl (C=O) groups is 1. The van der Waals surface area contributed by atoms with Crippen LogP contribution in [-0.4, -0.2) is 34.9 Å². The second-order valence-corrected chi connectivity index (χ2v) is 15.5. The lowest BCUT2D eigenvalue weighted by Crippen LogP contribution is -2.45. The van der Waals surface area contributed by atoms with Crippen LogP contribution < -0.4 is 5.32 Å². The molecule has 0 radical (unpaired) electrons. The van der Waals surface area contributed by atoms with Gasteiger partial charge >= 0.3 is 0 Å². The molecule has 0 spiro atoms. The Hall–Kier alpha value is -1.13. The van der Waals surface area contributed by atoms with Crippen LogP contribution in [0.15, 0.2) is 24.3 Å². The van der Waals surface area contributed by atoms with Crippen molar-refractivity contribution in [3.63, 3.8) is 0 Å². The molecule has 296 valence electrons. The van der Waals surface area contributed by atoms with Crippen molar-refractivity contribution in [3.05, 3.63) is 24.3 Å². The molecule has 0 fully saturated rings. The fraction of sp³-hybridized carbons (Fsp3) is 0.891. The van der Waals surface area contributed by atoms with E-state index in [2.05, 4.69) is 31.3 Å². The minimum absolute atomic E-state index is 0.0824. The van der Waals surface area contributed by atoms with Crippen molar-refractivity contribution in [3.8, 4) is 0 Å². The number of rotatable bonds is 41. The number of amides is 1. The maximum absolute atomic E-state index is 12.2. The second kappa shape index (κ2) is 42.3. The first-order valence-electron chi connectivity index (χ1n) is 22.6. The molecule has 0 aliphatic carbocycles. The molecule has 0 rings (SSSR count). The van der Waals surface area contributed by atoms with Crippen LogP contribution in [0.25, 0.3) is 0 Å². The number of hydrogen-bond acceptors (Lipinski definition) is 3. The molecule has 4 nitrogen and oxygen atoms in total. The summed E-state index contributed by atoms with van der Waals surface area (Å²) >= 11 is 0. The summed E-state index contributed by atoms with van der Waals surface area (Å²) in [6.07, 6.45) is 54.9. The van der Waals surface area contributed by atoms with E-state index in [1.165, 1.54) is 193 Å². The number of carbonyl (C=O) groups excluding carboxylic acids is 1. The fourth-order valence-electron chi connectivity index (χ4n) is 6.96. The number of hydrogen-bond donors (Lipinski definition) is 3. The number of nitrogens with one attached hydrogen (secondary N) is 1. The summed E-state index contributed by atoms with van der Waals surface area (Å²) in [5, 5.41) is 22.8. The van der Waals surface area contributed by atoms with Gasteiger partial charge in [0, 0.05) is 6.42 Å². The quantitative estimate of drug-likeness (QED) is 0.0438. The predicted molar refractivity (Wildman–Crippen MR) is 221 cm³/mol. The van der Waals surface area contributed by atoms with Crippen molar-refractivity contribution in [2.45, 2.75) is 257 Å². The highest BCUT2D eigenvalue weighted by molar-refractivity contribution is 5.76. The maximum atomic E-state index is 12.2. The molecular weight excluding hydrogens is 615 g/mol. The summed E-state index contributed by atoms with van der Waals surface area (Å²) in [5.41, 5.74) is 0. The molecule has 0 aliphatic heterocycles. The maximum Gasteiger partial charge on any atom is 0.220 e. The normalized spacial score (nSPS) is 13.1. The third-order valence-electron chi connectivity index (χ3n) is 10.4. The van der Waals surface area contributed by atoms with E-state index in [4.69, 9.17) is 0 Å². The summed E-state index contributed by atoms with van der Waals surface area (Å²) in [6.45, 7) is 4.24. The highest BCUT2D eigenvalue weighted by Gasteiger charge is 2.17. The molecule has 3 N–H and O–H groups in total. The Bertz CT molecular complexity index is 720. The topological polar surface area (TPSA) is 69.6 Å². The molecule has 50 heavy (non-hydrogen) atoms. The Balaban J connectivity index is 3.40. The molecular formula is C46H89NO3. The van der Waals surface area contributed by atoms with Gasteiger partial charge in [-0.2, -0.15) is 0 Å². The molecule has 0 aliphatic rings. The first kappa shape index (κ1) is 48.9. The summed E-state index contributed by atoms with van der Waals surface area (Å²) in [4.78, 5) is 12.2. The average Bonchev–Trinajstić information content (AvgIpc) is 3.12. The van der Waals surface area contributed by atoms with Gasteiger partial charge in [-0.15, -0.1) is 0 Å². The van der Waals surface area contributed by atoms with Gasteiger partial charge in [0.25, 0.3) is 0 Å². The molecule has 0 bridgehead atoms. The molecule has 4 heteroatoms. The van der Waals surface area contributed by atoms with Crippen molar-refractivity contribution in [2.75, 3.05) is 6.61 Å². The molecule has 0 aromatic heterocycles. The van der Waals surface area contributed by atoms with E-state index in [0.717, 1.165) is 32.1 Å². The van der Waals surface area contributed by atoms with Crippen molar-refractivity contribution >= 4 is 5.91 Å². The van der Waals surface area contributed by atoms with Crippen LogP contribution in [0.4, 0.5) is 0 Å². The van der Waals surface area contributed by atoms with E-state index in [9.17, 15) is 15.0 Å². The van der Waals surface area contributed by atoms with E-state index < -0.39 is 12.1 Å². The number of unbranched alkanes of at least 4 members (excludes halogenated alkanes) is 32. The van der Waals surface area contributed by atoms with Crippen LogP contribution in [0.3, 0.4) is 0 Å². The average molecular weight is 704 g/mol. The van der Waals surface area contributed by atoms with Crippen LogP contribution in [-0.2, 0) is 4.79 Å². The largest absolute Gasteiger partial charge is 0.394 e. The minimum atomic E-state index is -0.856. The lowest BCUT2D eigenvalue weighted by atomic mass is 10.0. The van der Waals surface area contributed by atoms with Gasteiger partial charge in [-0.3, -0.25) is 4.79 Å². The fourth-order valence-corrected chi connectivity index (χ4v) is 6.96. The summed E-state index contributed by atoms with van der Waals surface area (Å²) in [7, 11) is 0. The second-order valence-electron chi connectivity index (χ2n) is 15.5. The van der Waals surface area contributed by atoms with Crippen molar-refractivity contribution in [1.29, 1.82) is 0 Å². The highest BCUT2D eigenvalue weighted by atomic mass is 16.3. The van der Waals surface area contributed by atoms with E-state index in [0.29, 0.717) is 6.42 Å². The SMILES string of the molecule is CCCCCCCCCCCCCCCCCCCCCCCCCCCC/C=C/CC/C=C/C(O)C(CO)NC(=O)CCCCCCCC. The summed E-state index contributed by atoms with van der Waals surface area (Å²) < 4.78 is 0. The Labute approximate surface area is 313 Å². The molecule has 1 amide bonds. The Morgan fingerprint density at radius 3 is 1.16 bits per heavy atom. The van der Waals surface area contributed by atoms with E-state index in [1.807, 2.05) is 6.08 Å². The van der Waals surface area contributed by atoms with E-state index >= 15 is 0 Å². The van der Waals surface area contributed by atoms with Gasteiger partial charge in [-0.1, -0.05) is 231 Å². The van der Waals surface area contributed by atoms with Gasteiger partial charge in [0.2, 0.25) is 5.91 Å². The molecule has 0 aromatic carbocycles. The first-order valence-corrected chi connectivity index (χ1v) is 22.6. The standard InChI is InChI=1S/C46H89NO3/c1-3-5-7-9-11-12-13-14-15-16-17-18-19-20-21-22-23-24-25-26-27-28-29-30-31-32-33-34-35-36-37-39-41-45(49)44(43-48)47-46(50)42-40-38-10-8-6-4-2/h34-35,39,41,44-45,48-49H,3-33,36-38,40,42-43H2,1-2H3,(H,47,50)/b35-34+,41-39+. The van der Waals surface area contributed by atoms with Gasteiger partial charge < -0.3 is 15.5 Å². The monoisotopic (exact) mass is 704 g/mol. The van der Waals surface area contributed by atoms with Gasteiger partial charge in [-0.05, 0) is 32.1 Å². The third-order valence-corrected chi connectivity index (χ3v) is 10.4. The molecule has 0 saturated carbocycles. The van der Waals surface area contributed by atoms with Crippen LogP contribution in [0.2, 0.25) is 0 Å².